The molecule has 2 heteroatoms. The summed E-state index contributed by atoms with van der Waals surface area (Å²) in [6.45, 7) is 0.611. The van der Waals surface area contributed by atoms with E-state index in [0.717, 1.165) is 23.2 Å². The number of rotatable bonds is 3. The molecule has 0 aliphatic carbocycles. The summed E-state index contributed by atoms with van der Waals surface area (Å²) in [6.07, 6.45) is 0.768. The summed E-state index contributed by atoms with van der Waals surface area (Å²) in [5.74, 6) is 0.0774. The van der Waals surface area contributed by atoms with Gasteiger partial charge in [-0.25, -0.2) is 0 Å². The van der Waals surface area contributed by atoms with E-state index in [1.165, 1.54) is 5.56 Å². The Labute approximate surface area is 142 Å². The van der Waals surface area contributed by atoms with Gasteiger partial charge in [0.05, 0.1) is 12.5 Å². The first-order valence-electron chi connectivity index (χ1n) is 8.31. The van der Waals surface area contributed by atoms with Gasteiger partial charge in [-0.2, -0.15) is 0 Å². The quantitative estimate of drug-likeness (QED) is 0.694. The van der Waals surface area contributed by atoms with Crippen molar-refractivity contribution in [3.8, 4) is 0 Å². The number of para-hydroxylation sites is 1. The zero-order valence-electron chi connectivity index (χ0n) is 13.4. The van der Waals surface area contributed by atoms with Gasteiger partial charge in [0.2, 0.25) is 5.91 Å². The summed E-state index contributed by atoms with van der Waals surface area (Å²) in [6, 6.07) is 28.5. The van der Waals surface area contributed by atoms with E-state index >= 15 is 0 Å². The largest absolute Gasteiger partial charge is 0.307 e. The number of fused-ring (bicyclic) bond motifs is 1. The Morgan fingerprint density at radius 2 is 1.42 bits per heavy atom. The molecular weight excluding hydrogens is 294 g/mol. The first kappa shape index (κ1) is 14.7. The Balaban J connectivity index is 1.74. The molecule has 1 amide bonds. The predicted octanol–water partition coefficient (Wildman–Crippen LogP) is 4.56. The second-order valence-electron chi connectivity index (χ2n) is 6.21. The number of carbonyl (C=O) groups is 1. The first-order chi connectivity index (χ1) is 11.8. The first-order valence-corrected chi connectivity index (χ1v) is 8.31. The van der Waals surface area contributed by atoms with E-state index in [1.807, 2.05) is 47.4 Å². The standard InChI is InChI=1S/C22H19NO/c24-22-20(18-11-5-2-6-12-18)15-19-13-7-8-14-21(19)23(22)16-17-9-3-1-4-10-17/h1-14,20H,15-16H2. The molecule has 2 nitrogen and oxygen atoms in total. The molecule has 3 aromatic carbocycles. The van der Waals surface area contributed by atoms with E-state index in [1.54, 1.807) is 0 Å². The fraction of sp³-hybridized carbons (Fsp3) is 0.136. The van der Waals surface area contributed by atoms with Crippen LogP contribution in [0.2, 0.25) is 0 Å². The lowest BCUT2D eigenvalue weighted by molar-refractivity contribution is -0.120. The number of hydrogen-bond acceptors (Lipinski definition) is 1. The van der Waals surface area contributed by atoms with Crippen LogP contribution >= 0.6 is 0 Å². The molecule has 3 aromatic rings. The second-order valence-corrected chi connectivity index (χ2v) is 6.21. The summed E-state index contributed by atoms with van der Waals surface area (Å²) in [5.41, 5.74) is 4.52. The number of amides is 1. The lowest BCUT2D eigenvalue weighted by atomic mass is 9.86. The van der Waals surface area contributed by atoms with Gasteiger partial charge in [0.1, 0.15) is 0 Å². The summed E-state index contributed by atoms with van der Waals surface area (Å²) >= 11 is 0. The van der Waals surface area contributed by atoms with Gasteiger partial charge in [0, 0.05) is 5.69 Å². The Bertz CT molecular complexity index is 842. The molecule has 1 aliphatic heterocycles. The predicted molar refractivity (Wildman–Crippen MR) is 97.0 cm³/mol. The Hall–Kier alpha value is -2.87. The van der Waals surface area contributed by atoms with E-state index in [-0.39, 0.29) is 11.8 Å². The molecule has 0 saturated carbocycles. The molecular formula is C22H19NO. The van der Waals surface area contributed by atoms with Crippen LogP contribution in [0, 0.1) is 0 Å². The molecule has 0 bridgehead atoms. The normalized spacial score (nSPS) is 16.8. The third-order valence-electron chi connectivity index (χ3n) is 4.66. The number of nitrogens with zero attached hydrogens (tertiary/aromatic N) is 1. The maximum Gasteiger partial charge on any atom is 0.235 e. The summed E-state index contributed by atoms with van der Waals surface area (Å²) in [7, 11) is 0. The van der Waals surface area contributed by atoms with Crippen LogP contribution in [0.15, 0.2) is 84.9 Å². The lowest BCUT2D eigenvalue weighted by Gasteiger charge is -2.34. The highest BCUT2D eigenvalue weighted by atomic mass is 16.2. The third-order valence-corrected chi connectivity index (χ3v) is 4.66. The number of carbonyl (C=O) groups excluding carboxylic acids is 1. The average molecular weight is 313 g/mol. The maximum atomic E-state index is 13.2. The van der Waals surface area contributed by atoms with Gasteiger partial charge >= 0.3 is 0 Å². The van der Waals surface area contributed by atoms with Crippen molar-refractivity contribution < 1.29 is 4.79 Å². The number of benzene rings is 3. The minimum Gasteiger partial charge on any atom is -0.307 e. The van der Waals surface area contributed by atoms with Crippen molar-refractivity contribution in [1.29, 1.82) is 0 Å². The monoisotopic (exact) mass is 313 g/mol. The minimum absolute atomic E-state index is 0.107. The van der Waals surface area contributed by atoms with Crippen molar-refractivity contribution >= 4 is 11.6 Å². The summed E-state index contributed by atoms with van der Waals surface area (Å²) in [4.78, 5) is 15.2. The number of anilines is 1. The van der Waals surface area contributed by atoms with Crippen molar-refractivity contribution in [2.45, 2.75) is 18.9 Å². The van der Waals surface area contributed by atoms with E-state index in [9.17, 15) is 4.79 Å². The van der Waals surface area contributed by atoms with Crippen LogP contribution in [-0.4, -0.2) is 5.91 Å². The van der Waals surface area contributed by atoms with Crippen LogP contribution in [0.5, 0.6) is 0 Å². The van der Waals surface area contributed by atoms with Crippen LogP contribution in [0.3, 0.4) is 0 Å². The lowest BCUT2D eigenvalue weighted by Crippen LogP contribution is -2.39. The highest BCUT2D eigenvalue weighted by molar-refractivity contribution is 6.01. The van der Waals surface area contributed by atoms with Gasteiger partial charge in [-0.1, -0.05) is 78.9 Å². The molecule has 0 N–H and O–H groups in total. The molecule has 4 rings (SSSR count). The summed E-state index contributed by atoms with van der Waals surface area (Å²) < 4.78 is 0. The molecule has 1 heterocycles. The number of hydrogen-bond donors (Lipinski definition) is 0. The van der Waals surface area contributed by atoms with Crippen molar-refractivity contribution in [3.05, 3.63) is 102 Å². The SMILES string of the molecule is O=C1C(c2ccccc2)Cc2ccccc2N1Cc1ccccc1. The van der Waals surface area contributed by atoms with Gasteiger partial charge in [0.15, 0.2) is 0 Å². The Kier molecular flexibility index (Phi) is 3.87. The van der Waals surface area contributed by atoms with Crippen molar-refractivity contribution in [3.63, 3.8) is 0 Å². The van der Waals surface area contributed by atoms with Crippen molar-refractivity contribution in [1.82, 2.24) is 0 Å². The zero-order chi connectivity index (χ0) is 16.4. The minimum atomic E-state index is -0.107. The van der Waals surface area contributed by atoms with Crippen molar-refractivity contribution in [2.75, 3.05) is 4.90 Å². The molecule has 1 atom stereocenters. The highest BCUT2D eigenvalue weighted by Gasteiger charge is 2.33. The molecule has 0 saturated heterocycles. The van der Waals surface area contributed by atoms with Gasteiger partial charge in [-0.05, 0) is 29.2 Å². The fourth-order valence-corrected chi connectivity index (χ4v) is 3.44. The topological polar surface area (TPSA) is 20.3 Å². The molecule has 0 spiro atoms. The van der Waals surface area contributed by atoms with Gasteiger partial charge < -0.3 is 4.90 Å². The molecule has 0 radical (unpaired) electrons. The Morgan fingerprint density at radius 3 is 2.17 bits per heavy atom. The van der Waals surface area contributed by atoms with Crippen LogP contribution in [0.25, 0.3) is 0 Å². The fourth-order valence-electron chi connectivity index (χ4n) is 3.44. The van der Waals surface area contributed by atoms with Crippen LogP contribution in [-0.2, 0) is 17.8 Å². The molecule has 118 valence electrons. The van der Waals surface area contributed by atoms with E-state index < -0.39 is 0 Å². The van der Waals surface area contributed by atoms with Crippen LogP contribution in [0.1, 0.15) is 22.6 Å². The average Bonchev–Trinajstić information content (AvgIpc) is 2.65. The van der Waals surface area contributed by atoms with Gasteiger partial charge in [0.25, 0.3) is 0 Å². The Morgan fingerprint density at radius 1 is 0.792 bits per heavy atom. The van der Waals surface area contributed by atoms with Crippen LogP contribution in [0.4, 0.5) is 5.69 Å². The van der Waals surface area contributed by atoms with Gasteiger partial charge in [-0.3, -0.25) is 4.79 Å². The second kappa shape index (κ2) is 6.32. The van der Waals surface area contributed by atoms with Crippen LogP contribution < -0.4 is 4.90 Å². The summed E-state index contributed by atoms with van der Waals surface area (Å²) in [5, 5.41) is 0. The van der Waals surface area contributed by atoms with E-state index in [0.29, 0.717) is 6.54 Å². The smallest absolute Gasteiger partial charge is 0.235 e. The van der Waals surface area contributed by atoms with E-state index in [2.05, 4.69) is 42.5 Å². The molecule has 1 unspecified atom stereocenters. The zero-order valence-corrected chi connectivity index (χ0v) is 13.4. The third kappa shape index (κ3) is 2.71. The van der Waals surface area contributed by atoms with Crippen molar-refractivity contribution in [2.24, 2.45) is 0 Å². The molecule has 1 aliphatic rings. The van der Waals surface area contributed by atoms with Gasteiger partial charge in [-0.15, -0.1) is 0 Å². The molecule has 24 heavy (non-hydrogen) atoms. The van der Waals surface area contributed by atoms with E-state index in [4.69, 9.17) is 0 Å². The maximum absolute atomic E-state index is 13.2. The molecule has 0 fully saturated rings. The molecule has 0 aromatic heterocycles. The highest BCUT2D eigenvalue weighted by Crippen LogP contribution is 2.36.